The van der Waals surface area contributed by atoms with E-state index in [9.17, 15) is 0 Å². The van der Waals surface area contributed by atoms with Gasteiger partial charge >= 0.3 is 0 Å². The highest BCUT2D eigenvalue weighted by atomic mass is 16.6. The zero-order chi connectivity index (χ0) is 17.4. The average Bonchev–Trinajstić information content (AvgIpc) is 3.29. The van der Waals surface area contributed by atoms with Crippen molar-refractivity contribution in [2.45, 2.75) is 45.2 Å². The molecule has 25 heavy (non-hydrogen) atoms. The van der Waals surface area contributed by atoms with Crippen LogP contribution < -0.4 is 10.2 Å². The second-order valence-electron chi connectivity index (χ2n) is 6.70. The number of anilines is 2. The minimum Gasteiger partial charge on any atom is -0.364 e. The minimum absolute atomic E-state index is 0.418. The summed E-state index contributed by atoms with van der Waals surface area (Å²) in [5.41, 5.74) is 3.01. The quantitative estimate of drug-likeness (QED) is 0.752. The normalized spacial score (nSPS) is 15.2. The van der Waals surface area contributed by atoms with Crippen LogP contribution in [-0.2, 0) is 13.6 Å². The van der Waals surface area contributed by atoms with Crippen LogP contribution in [0.2, 0.25) is 0 Å². The zero-order valence-corrected chi connectivity index (χ0v) is 14.7. The number of hydrogen-bond donors (Lipinski definition) is 1. The van der Waals surface area contributed by atoms with E-state index in [4.69, 9.17) is 4.63 Å². The van der Waals surface area contributed by atoms with Crippen molar-refractivity contribution in [3.63, 3.8) is 0 Å². The number of fused-ring (bicyclic) bond motifs is 1. The van der Waals surface area contributed by atoms with Gasteiger partial charge in [-0.2, -0.15) is 5.10 Å². The number of aromatic nitrogens is 6. The molecule has 0 unspecified atom stereocenters. The van der Waals surface area contributed by atoms with Gasteiger partial charge in [0.25, 0.3) is 0 Å². The molecule has 0 atom stereocenters. The molecule has 3 aromatic heterocycles. The van der Waals surface area contributed by atoms with Crippen LogP contribution in [0.15, 0.2) is 10.8 Å². The summed E-state index contributed by atoms with van der Waals surface area (Å²) in [6.45, 7) is 2.70. The molecule has 9 nitrogen and oxygen atoms in total. The predicted molar refractivity (Wildman–Crippen MR) is 93.3 cm³/mol. The third kappa shape index (κ3) is 3.13. The zero-order valence-electron chi connectivity index (χ0n) is 14.7. The molecule has 1 N–H and O–H groups in total. The first-order chi connectivity index (χ1) is 12.1. The van der Waals surface area contributed by atoms with E-state index in [1.54, 1.807) is 0 Å². The molecular formula is C16H22N8O. The van der Waals surface area contributed by atoms with Gasteiger partial charge in [-0.25, -0.2) is 14.6 Å². The molecule has 0 bridgehead atoms. The van der Waals surface area contributed by atoms with E-state index in [1.807, 2.05) is 31.9 Å². The summed E-state index contributed by atoms with van der Waals surface area (Å²) < 4.78 is 6.61. The second-order valence-corrected chi connectivity index (χ2v) is 6.70. The number of nitrogens with one attached hydrogen (secondary N) is 1. The van der Waals surface area contributed by atoms with Crippen molar-refractivity contribution in [2.24, 2.45) is 7.05 Å². The molecule has 3 heterocycles. The maximum absolute atomic E-state index is 4.78. The van der Waals surface area contributed by atoms with Crippen molar-refractivity contribution in [1.29, 1.82) is 0 Å². The molecule has 9 heteroatoms. The monoisotopic (exact) mass is 342 g/mol. The summed E-state index contributed by atoms with van der Waals surface area (Å²) in [7, 11) is 3.92. The van der Waals surface area contributed by atoms with Gasteiger partial charge in [-0.15, -0.1) is 0 Å². The van der Waals surface area contributed by atoms with Crippen molar-refractivity contribution in [3.8, 4) is 0 Å². The summed E-state index contributed by atoms with van der Waals surface area (Å²) in [5, 5.41) is 15.6. The lowest BCUT2D eigenvalue weighted by atomic mass is 10.2. The van der Waals surface area contributed by atoms with E-state index >= 15 is 0 Å². The molecule has 1 fully saturated rings. The molecule has 0 saturated heterocycles. The summed E-state index contributed by atoms with van der Waals surface area (Å²) in [5.74, 6) is 1.48. The first-order valence-corrected chi connectivity index (χ1v) is 8.57. The Hall–Kier alpha value is -2.71. The van der Waals surface area contributed by atoms with Crippen LogP contribution >= 0.6 is 0 Å². The number of rotatable bonds is 5. The summed E-state index contributed by atoms with van der Waals surface area (Å²) in [4.78, 5) is 11.3. The standard InChI is InChI=1S/C16H22N8O/c1-10-11(9-24(3)20-10)8-23(2)16-15(17-12-6-4-5-7-12)18-13-14(19-16)22-25-21-13/h9,12H,4-8H2,1-3H3,(H,17,18,21). The maximum atomic E-state index is 4.78. The predicted octanol–water partition coefficient (Wildman–Crippen LogP) is 2.05. The lowest BCUT2D eigenvalue weighted by Crippen LogP contribution is -2.23. The minimum atomic E-state index is 0.418. The van der Waals surface area contributed by atoms with Crippen molar-refractivity contribution in [2.75, 3.05) is 17.3 Å². The molecule has 0 radical (unpaired) electrons. The number of nitrogens with zero attached hydrogens (tertiary/aromatic N) is 7. The molecule has 3 aromatic rings. The largest absolute Gasteiger partial charge is 0.364 e. The van der Waals surface area contributed by atoms with Crippen LogP contribution in [0.5, 0.6) is 0 Å². The van der Waals surface area contributed by atoms with Gasteiger partial charge in [0.15, 0.2) is 11.6 Å². The van der Waals surface area contributed by atoms with Gasteiger partial charge in [-0.05, 0) is 30.1 Å². The van der Waals surface area contributed by atoms with E-state index in [0.717, 1.165) is 35.7 Å². The Kier molecular flexibility index (Phi) is 3.98. The molecule has 1 saturated carbocycles. The molecule has 0 amide bonds. The molecule has 1 aliphatic rings. The Morgan fingerprint density at radius 3 is 2.64 bits per heavy atom. The topological polar surface area (TPSA) is 97.8 Å². The summed E-state index contributed by atoms with van der Waals surface area (Å²) in [6, 6.07) is 0.430. The van der Waals surface area contributed by atoms with E-state index in [-0.39, 0.29) is 0 Å². The van der Waals surface area contributed by atoms with Gasteiger partial charge in [0, 0.05) is 38.4 Å². The molecule has 132 valence electrons. The van der Waals surface area contributed by atoms with E-state index < -0.39 is 0 Å². The van der Waals surface area contributed by atoms with E-state index in [1.165, 1.54) is 12.8 Å². The van der Waals surface area contributed by atoms with Gasteiger partial charge in [0.2, 0.25) is 11.3 Å². The van der Waals surface area contributed by atoms with Crippen LogP contribution in [0.3, 0.4) is 0 Å². The summed E-state index contributed by atoms with van der Waals surface area (Å²) in [6.07, 6.45) is 6.83. The van der Waals surface area contributed by atoms with Gasteiger partial charge in [0.05, 0.1) is 5.69 Å². The van der Waals surface area contributed by atoms with Crippen molar-refractivity contribution in [3.05, 3.63) is 17.5 Å². The molecule has 0 spiro atoms. The van der Waals surface area contributed by atoms with Gasteiger partial charge < -0.3 is 10.2 Å². The van der Waals surface area contributed by atoms with Gasteiger partial charge in [-0.3, -0.25) is 4.68 Å². The molecule has 0 aliphatic heterocycles. The number of hydrogen-bond acceptors (Lipinski definition) is 8. The summed E-state index contributed by atoms with van der Waals surface area (Å²) >= 11 is 0. The molecule has 0 aromatic carbocycles. The fraction of sp³-hybridized carbons (Fsp3) is 0.562. The third-order valence-electron chi connectivity index (χ3n) is 4.68. The Bertz CT molecular complexity index is 880. The molecule has 1 aliphatic carbocycles. The van der Waals surface area contributed by atoms with Crippen molar-refractivity contribution < 1.29 is 4.63 Å². The van der Waals surface area contributed by atoms with Crippen molar-refractivity contribution >= 4 is 22.9 Å². The second kappa shape index (κ2) is 6.30. The van der Waals surface area contributed by atoms with Crippen LogP contribution in [0.25, 0.3) is 11.3 Å². The van der Waals surface area contributed by atoms with Gasteiger partial charge in [0.1, 0.15) is 0 Å². The van der Waals surface area contributed by atoms with E-state index in [2.05, 4.69) is 35.6 Å². The molecular weight excluding hydrogens is 320 g/mol. The highest BCUT2D eigenvalue weighted by molar-refractivity contribution is 5.74. The van der Waals surface area contributed by atoms with E-state index in [0.29, 0.717) is 23.9 Å². The Morgan fingerprint density at radius 1 is 1.24 bits per heavy atom. The van der Waals surface area contributed by atoms with Crippen LogP contribution in [0, 0.1) is 6.92 Å². The van der Waals surface area contributed by atoms with Gasteiger partial charge in [-0.1, -0.05) is 12.8 Å². The SMILES string of the molecule is Cc1nn(C)cc1CN(C)c1nc2nonc2nc1NC1CCCC1. The smallest absolute Gasteiger partial charge is 0.245 e. The van der Waals surface area contributed by atoms with Crippen LogP contribution in [0.1, 0.15) is 36.9 Å². The Balaban J connectivity index is 1.66. The first kappa shape index (κ1) is 15.8. The fourth-order valence-corrected chi connectivity index (χ4v) is 3.39. The maximum Gasteiger partial charge on any atom is 0.245 e. The average molecular weight is 342 g/mol. The molecule has 4 rings (SSSR count). The highest BCUT2D eigenvalue weighted by Gasteiger charge is 2.21. The van der Waals surface area contributed by atoms with Crippen molar-refractivity contribution in [1.82, 2.24) is 30.1 Å². The Labute approximate surface area is 145 Å². The lowest BCUT2D eigenvalue weighted by molar-refractivity contribution is 0.314. The Morgan fingerprint density at radius 2 is 1.96 bits per heavy atom. The van der Waals surface area contributed by atoms with Crippen LogP contribution in [0.4, 0.5) is 11.6 Å². The van der Waals surface area contributed by atoms with Crippen LogP contribution in [-0.4, -0.2) is 43.2 Å². The first-order valence-electron chi connectivity index (χ1n) is 8.57. The lowest BCUT2D eigenvalue weighted by Gasteiger charge is -2.22. The highest BCUT2D eigenvalue weighted by Crippen LogP contribution is 2.28. The third-order valence-corrected chi connectivity index (χ3v) is 4.68. The number of aryl methyl sites for hydroxylation is 2. The fourth-order valence-electron chi connectivity index (χ4n) is 3.39.